The summed E-state index contributed by atoms with van der Waals surface area (Å²) in [5.74, 6) is 0.548. The summed E-state index contributed by atoms with van der Waals surface area (Å²) < 4.78 is 5.42. The number of nitrogens with one attached hydrogen (secondary N) is 2. The van der Waals surface area contributed by atoms with Crippen molar-refractivity contribution in [3.8, 4) is 5.75 Å². The van der Waals surface area contributed by atoms with E-state index < -0.39 is 0 Å². The van der Waals surface area contributed by atoms with E-state index in [0.717, 1.165) is 22.5 Å². The Morgan fingerprint density at radius 2 is 1.95 bits per heavy atom. The first kappa shape index (κ1) is 14.1. The molecule has 0 saturated heterocycles. The number of carbonyl (C=O) groups excluding carboxylic acids is 1. The van der Waals surface area contributed by atoms with Crippen molar-refractivity contribution in [1.82, 2.24) is 15.5 Å². The molecule has 1 aromatic carbocycles. The summed E-state index contributed by atoms with van der Waals surface area (Å²) in [5.41, 5.74) is 4.06. The summed E-state index contributed by atoms with van der Waals surface area (Å²) in [7, 11) is 0. The lowest BCUT2D eigenvalue weighted by atomic mass is 10.2. The molecular weight excluding hydrogens is 254 g/mol. The second-order valence-corrected chi connectivity index (χ2v) is 4.79. The molecule has 0 aliphatic rings. The highest BCUT2D eigenvalue weighted by Gasteiger charge is 2.08. The molecule has 0 unspecified atom stereocenters. The zero-order valence-electron chi connectivity index (χ0n) is 12.0. The molecule has 0 aliphatic heterocycles. The van der Waals surface area contributed by atoms with Crippen molar-refractivity contribution >= 4 is 5.91 Å². The number of benzene rings is 1. The molecule has 0 aliphatic carbocycles. The van der Waals surface area contributed by atoms with Crippen LogP contribution in [0, 0.1) is 20.8 Å². The van der Waals surface area contributed by atoms with Crippen LogP contribution in [0.4, 0.5) is 0 Å². The maximum atomic E-state index is 11.7. The topological polar surface area (TPSA) is 67.0 Å². The molecule has 0 spiro atoms. The monoisotopic (exact) mass is 273 g/mol. The van der Waals surface area contributed by atoms with E-state index in [4.69, 9.17) is 4.74 Å². The first-order chi connectivity index (χ1) is 9.56. The van der Waals surface area contributed by atoms with Gasteiger partial charge in [0.05, 0.1) is 5.69 Å². The third-order valence-electron chi connectivity index (χ3n) is 3.13. The van der Waals surface area contributed by atoms with Crippen LogP contribution >= 0.6 is 0 Å². The van der Waals surface area contributed by atoms with Crippen molar-refractivity contribution in [3.63, 3.8) is 0 Å². The standard InChI is InChI=1S/C15H19N3O2/c1-10-4-6-13(7-5-10)20-9-15(19)16-8-14-11(2)17-18-12(14)3/h4-7H,8-9H2,1-3H3,(H,16,19)(H,17,18). The van der Waals surface area contributed by atoms with Crippen LogP contribution in [0.15, 0.2) is 24.3 Å². The van der Waals surface area contributed by atoms with Crippen molar-refractivity contribution in [3.05, 3.63) is 46.8 Å². The van der Waals surface area contributed by atoms with Gasteiger partial charge in [0.25, 0.3) is 5.91 Å². The Labute approximate surface area is 118 Å². The summed E-state index contributed by atoms with van der Waals surface area (Å²) in [4.78, 5) is 11.7. The Kier molecular flexibility index (Phi) is 4.40. The van der Waals surface area contributed by atoms with E-state index >= 15 is 0 Å². The number of aromatic amines is 1. The molecule has 106 valence electrons. The predicted molar refractivity (Wildman–Crippen MR) is 76.6 cm³/mol. The van der Waals surface area contributed by atoms with Gasteiger partial charge < -0.3 is 10.1 Å². The third kappa shape index (κ3) is 3.60. The number of amides is 1. The van der Waals surface area contributed by atoms with Gasteiger partial charge in [0.2, 0.25) is 0 Å². The number of aryl methyl sites for hydroxylation is 3. The quantitative estimate of drug-likeness (QED) is 0.876. The maximum Gasteiger partial charge on any atom is 0.258 e. The zero-order chi connectivity index (χ0) is 14.5. The molecule has 0 radical (unpaired) electrons. The van der Waals surface area contributed by atoms with Gasteiger partial charge in [-0.3, -0.25) is 9.89 Å². The van der Waals surface area contributed by atoms with Crippen LogP contribution in [0.5, 0.6) is 5.75 Å². The molecule has 2 aromatic rings. The third-order valence-corrected chi connectivity index (χ3v) is 3.13. The summed E-state index contributed by atoms with van der Waals surface area (Å²) in [6.07, 6.45) is 0. The van der Waals surface area contributed by atoms with Crippen LogP contribution in [0.3, 0.4) is 0 Å². The molecule has 2 N–H and O–H groups in total. The lowest BCUT2D eigenvalue weighted by Gasteiger charge is -2.08. The second kappa shape index (κ2) is 6.23. The van der Waals surface area contributed by atoms with Crippen LogP contribution in [-0.4, -0.2) is 22.7 Å². The molecule has 2 rings (SSSR count). The number of H-pyrrole nitrogens is 1. The molecule has 0 bridgehead atoms. The fourth-order valence-electron chi connectivity index (χ4n) is 1.86. The highest BCUT2D eigenvalue weighted by atomic mass is 16.5. The van der Waals surface area contributed by atoms with Crippen LogP contribution in [-0.2, 0) is 11.3 Å². The normalized spacial score (nSPS) is 10.3. The summed E-state index contributed by atoms with van der Waals surface area (Å²) in [6, 6.07) is 7.61. The van der Waals surface area contributed by atoms with Crippen LogP contribution in [0.1, 0.15) is 22.5 Å². The van der Waals surface area contributed by atoms with E-state index in [1.807, 2.05) is 45.0 Å². The summed E-state index contributed by atoms with van der Waals surface area (Å²) in [5, 5.41) is 9.80. The molecule has 5 heteroatoms. The molecule has 20 heavy (non-hydrogen) atoms. The van der Waals surface area contributed by atoms with Crippen molar-refractivity contribution in [2.75, 3.05) is 6.61 Å². The van der Waals surface area contributed by atoms with Gasteiger partial charge in [-0.05, 0) is 32.9 Å². The van der Waals surface area contributed by atoms with Gasteiger partial charge in [0.15, 0.2) is 6.61 Å². The smallest absolute Gasteiger partial charge is 0.258 e. The van der Waals surface area contributed by atoms with Gasteiger partial charge in [-0.2, -0.15) is 5.10 Å². The van der Waals surface area contributed by atoms with E-state index in [-0.39, 0.29) is 12.5 Å². The molecular formula is C15H19N3O2. The minimum atomic E-state index is -0.148. The van der Waals surface area contributed by atoms with Crippen molar-refractivity contribution < 1.29 is 9.53 Å². The minimum absolute atomic E-state index is 0.0129. The van der Waals surface area contributed by atoms with Gasteiger partial charge in [0.1, 0.15) is 5.75 Å². The molecule has 0 atom stereocenters. The lowest BCUT2D eigenvalue weighted by Crippen LogP contribution is -2.28. The SMILES string of the molecule is Cc1ccc(OCC(=O)NCc2c(C)n[nH]c2C)cc1. The molecule has 0 fully saturated rings. The number of aromatic nitrogens is 2. The Hall–Kier alpha value is -2.30. The number of nitrogens with zero attached hydrogens (tertiary/aromatic N) is 1. The largest absolute Gasteiger partial charge is 0.484 e. The Morgan fingerprint density at radius 1 is 1.25 bits per heavy atom. The number of ether oxygens (including phenoxy) is 1. The number of hydrogen-bond acceptors (Lipinski definition) is 3. The second-order valence-electron chi connectivity index (χ2n) is 4.79. The molecule has 1 heterocycles. The van der Waals surface area contributed by atoms with Crippen molar-refractivity contribution in [2.45, 2.75) is 27.3 Å². The van der Waals surface area contributed by atoms with E-state index in [1.54, 1.807) is 0 Å². The zero-order valence-corrected chi connectivity index (χ0v) is 12.0. The Balaban J connectivity index is 1.80. The highest BCUT2D eigenvalue weighted by molar-refractivity contribution is 5.77. The molecule has 1 aromatic heterocycles. The number of carbonyl (C=O) groups is 1. The van der Waals surface area contributed by atoms with Crippen molar-refractivity contribution in [2.24, 2.45) is 0 Å². The molecule has 5 nitrogen and oxygen atoms in total. The van der Waals surface area contributed by atoms with Gasteiger partial charge in [-0.1, -0.05) is 17.7 Å². The predicted octanol–water partition coefficient (Wildman–Crippen LogP) is 2.03. The van der Waals surface area contributed by atoms with E-state index in [0.29, 0.717) is 12.3 Å². The van der Waals surface area contributed by atoms with Gasteiger partial charge in [-0.15, -0.1) is 0 Å². The molecule has 0 saturated carbocycles. The van der Waals surface area contributed by atoms with E-state index in [2.05, 4.69) is 15.5 Å². The Morgan fingerprint density at radius 3 is 2.55 bits per heavy atom. The molecule has 1 amide bonds. The maximum absolute atomic E-state index is 11.7. The minimum Gasteiger partial charge on any atom is -0.484 e. The first-order valence-electron chi connectivity index (χ1n) is 6.53. The average Bonchev–Trinajstić information content (AvgIpc) is 2.75. The fourth-order valence-corrected chi connectivity index (χ4v) is 1.86. The summed E-state index contributed by atoms with van der Waals surface area (Å²) in [6.45, 7) is 6.33. The first-order valence-corrected chi connectivity index (χ1v) is 6.53. The fraction of sp³-hybridized carbons (Fsp3) is 0.333. The lowest BCUT2D eigenvalue weighted by molar-refractivity contribution is -0.123. The van der Waals surface area contributed by atoms with E-state index in [9.17, 15) is 4.79 Å². The Bertz CT molecular complexity index is 568. The average molecular weight is 273 g/mol. The van der Waals surface area contributed by atoms with Crippen LogP contribution in [0.2, 0.25) is 0 Å². The summed E-state index contributed by atoms with van der Waals surface area (Å²) >= 11 is 0. The highest BCUT2D eigenvalue weighted by Crippen LogP contribution is 2.11. The van der Waals surface area contributed by atoms with Gasteiger partial charge in [-0.25, -0.2) is 0 Å². The number of hydrogen-bond donors (Lipinski definition) is 2. The van der Waals surface area contributed by atoms with Gasteiger partial charge >= 0.3 is 0 Å². The van der Waals surface area contributed by atoms with E-state index in [1.165, 1.54) is 0 Å². The van der Waals surface area contributed by atoms with Crippen molar-refractivity contribution in [1.29, 1.82) is 0 Å². The number of rotatable bonds is 5. The van der Waals surface area contributed by atoms with Gasteiger partial charge in [0, 0.05) is 17.8 Å². The van der Waals surface area contributed by atoms with Crippen LogP contribution in [0.25, 0.3) is 0 Å². The van der Waals surface area contributed by atoms with Crippen LogP contribution < -0.4 is 10.1 Å².